The van der Waals surface area contributed by atoms with Crippen LogP contribution in [-0.2, 0) is 29.2 Å². The van der Waals surface area contributed by atoms with E-state index in [1.165, 1.54) is 26.2 Å². The van der Waals surface area contributed by atoms with E-state index >= 15 is 0 Å². The molecule has 13 nitrogen and oxygen atoms in total. The lowest BCUT2D eigenvalue weighted by Crippen LogP contribution is -2.50. The Morgan fingerprint density at radius 1 is 1.00 bits per heavy atom. The highest BCUT2D eigenvalue weighted by Gasteiger charge is 2.44. The van der Waals surface area contributed by atoms with E-state index in [9.17, 15) is 14.4 Å². The fourth-order valence-corrected chi connectivity index (χ4v) is 6.00. The number of amidine groups is 1. The number of aliphatic imine (C=N–C) groups is 1. The summed E-state index contributed by atoms with van der Waals surface area (Å²) in [6.45, 7) is 4.19. The van der Waals surface area contributed by atoms with E-state index in [2.05, 4.69) is 25.5 Å². The first kappa shape index (κ1) is 30.7. The molecule has 5 rings (SSSR count). The topological polar surface area (TPSA) is 149 Å². The number of ether oxygens (including phenoxy) is 3. The quantitative estimate of drug-likeness (QED) is 0.300. The summed E-state index contributed by atoms with van der Waals surface area (Å²) in [5, 5.41) is 10.7. The molecule has 1 N–H and O–H groups in total. The fourth-order valence-electron chi connectivity index (χ4n) is 6.00. The molecule has 0 spiro atoms. The summed E-state index contributed by atoms with van der Waals surface area (Å²) in [5.41, 5.74) is 2.45. The molecular formula is C31H36N6O7. The van der Waals surface area contributed by atoms with Crippen LogP contribution in [0.25, 0.3) is 11.0 Å². The van der Waals surface area contributed by atoms with Crippen molar-refractivity contribution < 1.29 is 33.2 Å². The first-order valence-corrected chi connectivity index (χ1v) is 14.4. The molecule has 1 unspecified atom stereocenters. The summed E-state index contributed by atoms with van der Waals surface area (Å²) in [6.07, 6.45) is 1.95. The van der Waals surface area contributed by atoms with Crippen molar-refractivity contribution in [2.45, 2.75) is 37.6 Å². The van der Waals surface area contributed by atoms with Crippen LogP contribution in [0.1, 0.15) is 43.4 Å². The van der Waals surface area contributed by atoms with Crippen LogP contribution in [0.5, 0.6) is 0 Å². The highest BCUT2D eigenvalue weighted by Crippen LogP contribution is 2.38. The number of nitrogens with zero attached hydrogens (tertiary/aromatic N) is 5. The molecule has 3 aromatic rings. The maximum absolute atomic E-state index is 13.7. The van der Waals surface area contributed by atoms with E-state index in [0.717, 1.165) is 25.2 Å². The van der Waals surface area contributed by atoms with Crippen LogP contribution in [0.15, 0.2) is 69.4 Å². The van der Waals surface area contributed by atoms with E-state index < -0.39 is 23.5 Å². The van der Waals surface area contributed by atoms with Crippen LogP contribution in [0, 0.1) is 0 Å². The molecule has 13 heteroatoms. The van der Waals surface area contributed by atoms with E-state index in [0.29, 0.717) is 48.1 Å². The molecular weight excluding hydrogens is 568 g/mol. The Hall–Kier alpha value is -4.78. The number of allylic oxidation sites excluding steroid dienone is 1. The second kappa shape index (κ2) is 13.2. The van der Waals surface area contributed by atoms with Crippen molar-refractivity contribution in [3.05, 3.63) is 70.9 Å². The number of carbonyl (C=O) groups is 3. The summed E-state index contributed by atoms with van der Waals surface area (Å²) in [7, 11) is 4.13. The fraction of sp³-hybridized carbons (Fsp3) is 0.419. The summed E-state index contributed by atoms with van der Waals surface area (Å²) >= 11 is 0. The number of hydrogen-bond donors (Lipinski definition) is 1. The number of amides is 2. The predicted molar refractivity (Wildman–Crippen MR) is 159 cm³/mol. The summed E-state index contributed by atoms with van der Waals surface area (Å²) in [6, 6.07) is 13.6. The molecule has 0 radical (unpaired) electrons. The number of nitrogens with one attached hydrogen (secondary N) is 1. The van der Waals surface area contributed by atoms with E-state index in [1.54, 1.807) is 25.1 Å². The molecule has 0 aliphatic carbocycles. The van der Waals surface area contributed by atoms with E-state index in [4.69, 9.17) is 18.8 Å². The van der Waals surface area contributed by atoms with E-state index in [-0.39, 0.29) is 17.6 Å². The Labute approximate surface area is 254 Å². The number of piperidine rings is 1. The summed E-state index contributed by atoms with van der Waals surface area (Å²) < 4.78 is 20.6. The molecule has 1 saturated heterocycles. The highest BCUT2D eigenvalue weighted by molar-refractivity contribution is 6.01. The van der Waals surface area contributed by atoms with Gasteiger partial charge in [0.1, 0.15) is 17.1 Å². The van der Waals surface area contributed by atoms with Gasteiger partial charge in [0.05, 0.1) is 38.0 Å². The molecule has 44 heavy (non-hydrogen) atoms. The molecule has 2 aliphatic rings. The van der Waals surface area contributed by atoms with Gasteiger partial charge in [0.2, 0.25) is 0 Å². The van der Waals surface area contributed by atoms with Crippen molar-refractivity contribution in [1.29, 1.82) is 0 Å². The molecule has 1 fully saturated rings. The largest absolute Gasteiger partial charge is 0.468 e. The average molecular weight is 605 g/mol. The number of rotatable bonds is 8. The zero-order chi connectivity index (χ0) is 31.3. The van der Waals surface area contributed by atoms with Crippen LogP contribution < -0.4 is 5.32 Å². The zero-order valence-electron chi connectivity index (χ0n) is 25.2. The Morgan fingerprint density at radius 2 is 1.73 bits per heavy atom. The molecule has 2 amide bonds. The van der Waals surface area contributed by atoms with Gasteiger partial charge < -0.3 is 24.4 Å². The molecule has 2 aromatic carbocycles. The lowest BCUT2D eigenvalue weighted by molar-refractivity contribution is -0.149. The molecule has 232 valence electrons. The number of esters is 2. The van der Waals surface area contributed by atoms with Gasteiger partial charge in [0.15, 0.2) is 0 Å². The number of likely N-dealkylation sites (tertiary alicyclic amines) is 1. The Morgan fingerprint density at radius 3 is 2.41 bits per heavy atom. The number of carbonyl (C=O) groups excluding carboxylic acids is 3. The third-order valence-corrected chi connectivity index (χ3v) is 8.33. The van der Waals surface area contributed by atoms with Gasteiger partial charge in [-0.1, -0.05) is 36.4 Å². The first-order valence-electron chi connectivity index (χ1n) is 14.4. The van der Waals surface area contributed by atoms with Crippen LogP contribution in [-0.4, -0.2) is 91.6 Å². The minimum atomic E-state index is -0.900. The standard InChI is InChI=1S/C31H36N6O7/c1-20-25(27(38)41-2)26(21-11-12-23-24(19-21)35-44-34-23)37(30(33-20)43-4)29(40)32-15-8-16-36-17-13-31(14-18-36,28(39)42-3)22-9-6-5-7-10-22/h5-7,9-12,19,26H,8,13-18H2,1-4H3,(H,32,40). The third kappa shape index (κ3) is 5.87. The molecule has 0 saturated carbocycles. The average Bonchev–Trinajstić information content (AvgIpc) is 3.54. The number of fused-ring (bicyclic) bond motifs is 1. The number of methoxy groups -OCH3 is 3. The van der Waals surface area contributed by atoms with E-state index in [1.807, 2.05) is 30.3 Å². The molecule has 2 aliphatic heterocycles. The summed E-state index contributed by atoms with van der Waals surface area (Å²) in [4.78, 5) is 47.5. The third-order valence-electron chi connectivity index (χ3n) is 8.33. The maximum Gasteiger partial charge on any atom is 0.338 e. The van der Waals surface area contributed by atoms with Crippen molar-refractivity contribution in [3.63, 3.8) is 0 Å². The van der Waals surface area contributed by atoms with Gasteiger partial charge in [-0.05, 0) is 79.4 Å². The van der Waals surface area contributed by atoms with Crippen LogP contribution in [0.2, 0.25) is 0 Å². The van der Waals surface area contributed by atoms with Crippen LogP contribution in [0.3, 0.4) is 0 Å². The van der Waals surface area contributed by atoms with Crippen LogP contribution in [0.4, 0.5) is 4.79 Å². The van der Waals surface area contributed by atoms with Crippen molar-refractivity contribution in [2.75, 3.05) is 47.5 Å². The minimum absolute atomic E-state index is 0.0344. The van der Waals surface area contributed by atoms with Crippen molar-refractivity contribution in [1.82, 2.24) is 25.4 Å². The lowest BCUT2D eigenvalue weighted by Gasteiger charge is -2.40. The minimum Gasteiger partial charge on any atom is -0.468 e. The van der Waals surface area contributed by atoms with Gasteiger partial charge in [0.25, 0.3) is 0 Å². The Kier molecular flexibility index (Phi) is 9.23. The second-order valence-corrected chi connectivity index (χ2v) is 10.7. The SMILES string of the molecule is COC(=O)C1=C(C)N=C(OC)N(C(=O)NCCCN2CCC(C(=O)OC)(c3ccccc3)CC2)C1c1ccc2nonc2c1. The second-order valence-electron chi connectivity index (χ2n) is 10.7. The predicted octanol–water partition coefficient (Wildman–Crippen LogP) is 3.34. The number of benzene rings is 2. The smallest absolute Gasteiger partial charge is 0.338 e. The van der Waals surface area contributed by atoms with Gasteiger partial charge in [-0.25, -0.2) is 24.1 Å². The lowest BCUT2D eigenvalue weighted by atomic mass is 9.72. The molecule has 0 bridgehead atoms. The number of urea groups is 1. The zero-order valence-corrected chi connectivity index (χ0v) is 25.2. The Balaban J connectivity index is 1.26. The highest BCUT2D eigenvalue weighted by atomic mass is 16.6. The number of aromatic nitrogens is 2. The van der Waals surface area contributed by atoms with Crippen molar-refractivity contribution >= 4 is 35.0 Å². The maximum atomic E-state index is 13.7. The molecule has 1 aromatic heterocycles. The monoisotopic (exact) mass is 604 g/mol. The van der Waals surface area contributed by atoms with Crippen molar-refractivity contribution in [3.8, 4) is 0 Å². The van der Waals surface area contributed by atoms with Gasteiger partial charge >= 0.3 is 24.0 Å². The normalized spacial score (nSPS) is 18.5. The van der Waals surface area contributed by atoms with Crippen molar-refractivity contribution in [2.24, 2.45) is 4.99 Å². The Bertz CT molecular complexity index is 1580. The van der Waals surface area contributed by atoms with Gasteiger partial charge in [0, 0.05) is 6.54 Å². The number of hydrogen-bond acceptors (Lipinski definition) is 11. The van der Waals surface area contributed by atoms with Crippen LogP contribution >= 0.6 is 0 Å². The van der Waals surface area contributed by atoms with Gasteiger partial charge in [-0.15, -0.1) is 0 Å². The van der Waals surface area contributed by atoms with Gasteiger partial charge in [-0.2, -0.15) is 0 Å². The molecule has 1 atom stereocenters. The first-order chi connectivity index (χ1) is 21.3. The van der Waals surface area contributed by atoms with Gasteiger partial charge in [-0.3, -0.25) is 4.79 Å². The molecule has 3 heterocycles. The summed E-state index contributed by atoms with van der Waals surface area (Å²) in [5.74, 6) is -0.830.